The Labute approximate surface area is 465 Å². The maximum absolute atomic E-state index is 2.55. The van der Waals surface area contributed by atoms with Crippen molar-refractivity contribution in [3.8, 4) is 11.1 Å². The van der Waals surface area contributed by atoms with Gasteiger partial charge in [0.05, 0.1) is 10.8 Å². The van der Waals surface area contributed by atoms with E-state index >= 15 is 0 Å². The maximum Gasteiger partial charge on any atom is 0.252 e. The minimum Gasteiger partial charge on any atom is -0.311 e. The van der Waals surface area contributed by atoms with Crippen LogP contribution in [0.5, 0.6) is 0 Å². The molecule has 79 heavy (non-hydrogen) atoms. The van der Waals surface area contributed by atoms with E-state index in [1.165, 1.54) is 100 Å². The minimum absolute atomic E-state index is 0.0177. The second-order valence-electron chi connectivity index (χ2n) is 21.3. The first-order valence-corrected chi connectivity index (χ1v) is 27.6. The summed E-state index contributed by atoms with van der Waals surface area (Å²) in [6.45, 7) is 4.43. The predicted molar refractivity (Wildman–Crippen MR) is 332 cm³/mol. The fourth-order valence-corrected chi connectivity index (χ4v) is 13.4. The van der Waals surface area contributed by atoms with Crippen LogP contribution in [0.3, 0.4) is 0 Å². The lowest BCUT2D eigenvalue weighted by Gasteiger charge is -2.45. The van der Waals surface area contributed by atoms with Gasteiger partial charge in [-0.25, -0.2) is 0 Å². The van der Waals surface area contributed by atoms with Gasteiger partial charge in [0.1, 0.15) is 0 Å². The summed E-state index contributed by atoms with van der Waals surface area (Å²) in [6, 6.07) is 115. The number of anilines is 6. The molecular formula is C76H57BN2. The van der Waals surface area contributed by atoms with Gasteiger partial charge in [-0.15, -0.1) is 0 Å². The summed E-state index contributed by atoms with van der Waals surface area (Å²) in [6.07, 6.45) is 0. The summed E-state index contributed by atoms with van der Waals surface area (Å²) in [4.78, 5) is 5.11. The molecule has 3 heteroatoms. The molecule has 374 valence electrons. The van der Waals surface area contributed by atoms with Crippen LogP contribution in [0.2, 0.25) is 0 Å². The first kappa shape index (κ1) is 47.7. The van der Waals surface area contributed by atoms with Crippen molar-refractivity contribution in [3.63, 3.8) is 0 Å². The molecule has 2 aliphatic heterocycles. The van der Waals surface area contributed by atoms with Gasteiger partial charge in [-0.1, -0.05) is 261 Å². The number of fused-ring (bicyclic) bond motifs is 4. The molecular weight excluding hydrogens is 952 g/mol. The maximum atomic E-state index is 2.55. The van der Waals surface area contributed by atoms with Gasteiger partial charge in [0.2, 0.25) is 0 Å². The number of nitrogens with zero attached hydrogens (tertiary/aromatic N) is 2. The zero-order chi connectivity index (χ0) is 52.9. The normalized spacial score (nSPS) is 12.6. The smallest absolute Gasteiger partial charge is 0.252 e. The first-order valence-electron chi connectivity index (χ1n) is 27.6. The highest BCUT2D eigenvalue weighted by atomic mass is 15.2. The monoisotopic (exact) mass is 1010 g/mol. The van der Waals surface area contributed by atoms with Crippen molar-refractivity contribution in [3.05, 3.63) is 365 Å². The topological polar surface area (TPSA) is 6.48 Å². The van der Waals surface area contributed by atoms with Gasteiger partial charge in [0.25, 0.3) is 6.71 Å². The Morgan fingerprint density at radius 1 is 0.253 bits per heavy atom. The number of hydrogen-bond donors (Lipinski definition) is 0. The molecule has 2 nitrogen and oxygen atoms in total. The van der Waals surface area contributed by atoms with Crippen LogP contribution in [0.15, 0.2) is 309 Å². The van der Waals surface area contributed by atoms with Crippen molar-refractivity contribution in [2.24, 2.45) is 0 Å². The van der Waals surface area contributed by atoms with E-state index in [-0.39, 0.29) is 6.71 Å². The van der Waals surface area contributed by atoms with Crippen molar-refractivity contribution in [2.75, 3.05) is 9.80 Å². The van der Waals surface area contributed by atoms with Crippen molar-refractivity contribution < 1.29 is 0 Å². The van der Waals surface area contributed by atoms with E-state index in [1.54, 1.807) is 0 Å². The molecule has 12 aromatic carbocycles. The molecule has 0 fully saturated rings. The van der Waals surface area contributed by atoms with Gasteiger partial charge in [0.15, 0.2) is 0 Å². The van der Waals surface area contributed by atoms with Crippen LogP contribution in [0, 0.1) is 13.8 Å². The summed E-state index contributed by atoms with van der Waals surface area (Å²) in [5.74, 6) is 0. The van der Waals surface area contributed by atoms with E-state index in [1.807, 2.05) is 0 Å². The lowest BCUT2D eigenvalue weighted by Crippen LogP contribution is -2.61. The van der Waals surface area contributed by atoms with Gasteiger partial charge < -0.3 is 9.80 Å². The van der Waals surface area contributed by atoms with Crippen LogP contribution in [0.1, 0.15) is 55.6 Å². The van der Waals surface area contributed by atoms with Crippen LogP contribution in [0.4, 0.5) is 34.1 Å². The Kier molecular flexibility index (Phi) is 11.9. The summed E-state index contributed by atoms with van der Waals surface area (Å²) in [5.41, 5.74) is 24.2. The summed E-state index contributed by atoms with van der Waals surface area (Å²) >= 11 is 0. The second-order valence-corrected chi connectivity index (χ2v) is 21.3. The standard InChI is InChI=1S/C76H57BN2/c1-54-38-48-68-70(50-54)78(66-44-40-64(41-45-66)75(58-26-12-4-13-27-58,59-28-14-5-15-29-59)60-30-16-6-17-31-60)72-52-57(56-24-10-3-11-25-56)53-73-74(72)77(68)69-49-39-55(2)51-71(69)79(73)67-46-42-65(43-47-67)76(61-32-18-7-19-33-61,62-34-20-8-21-35-62)63-36-22-9-23-37-63/h3-53H,1-2H3. The SMILES string of the molecule is Cc1ccc2c(c1)N(c1ccc(C(c3ccccc3)(c3ccccc3)c3ccccc3)cc1)c1cc(-c3ccccc3)cc3c1B2c1ccc(C)cc1N3c1ccc(C(c2ccccc2)(c2ccccc2)c2ccccc2)cc1. The van der Waals surface area contributed by atoms with Crippen molar-refractivity contribution in [1.82, 2.24) is 0 Å². The predicted octanol–water partition coefficient (Wildman–Crippen LogP) is 16.8. The number of aryl methyl sites for hydroxylation is 2. The van der Waals surface area contributed by atoms with Gasteiger partial charge in [-0.3, -0.25) is 0 Å². The average molecular weight is 1010 g/mol. The Balaban J connectivity index is 0.996. The molecule has 0 bridgehead atoms. The van der Waals surface area contributed by atoms with Crippen LogP contribution in [0.25, 0.3) is 11.1 Å². The molecule has 0 amide bonds. The fourth-order valence-electron chi connectivity index (χ4n) is 13.4. The van der Waals surface area contributed by atoms with Crippen molar-refractivity contribution in [2.45, 2.75) is 24.7 Å². The fraction of sp³-hybridized carbons (Fsp3) is 0.0526. The highest BCUT2D eigenvalue weighted by Crippen LogP contribution is 2.51. The van der Waals surface area contributed by atoms with E-state index in [0.717, 1.165) is 16.9 Å². The molecule has 0 radical (unpaired) electrons. The van der Waals surface area contributed by atoms with Gasteiger partial charge >= 0.3 is 0 Å². The number of benzene rings is 12. The highest BCUT2D eigenvalue weighted by Gasteiger charge is 2.45. The zero-order valence-corrected chi connectivity index (χ0v) is 44.4. The minimum atomic E-state index is -0.572. The second kappa shape index (κ2) is 19.7. The molecule has 14 rings (SSSR count). The quantitative estimate of drug-likeness (QED) is 0.0941. The molecule has 0 atom stereocenters. The van der Waals surface area contributed by atoms with Crippen LogP contribution in [-0.4, -0.2) is 6.71 Å². The van der Waals surface area contributed by atoms with Crippen molar-refractivity contribution >= 4 is 57.2 Å². The Morgan fingerprint density at radius 3 is 0.835 bits per heavy atom. The Bertz CT molecular complexity index is 3670. The molecule has 0 N–H and O–H groups in total. The van der Waals surface area contributed by atoms with E-state index in [0.29, 0.717) is 0 Å². The zero-order valence-electron chi connectivity index (χ0n) is 44.4. The summed E-state index contributed by atoms with van der Waals surface area (Å²) < 4.78 is 0. The number of hydrogen-bond acceptors (Lipinski definition) is 2. The molecule has 12 aromatic rings. The molecule has 0 aliphatic carbocycles. The average Bonchev–Trinajstić information content (AvgIpc) is 3.69. The van der Waals surface area contributed by atoms with Crippen LogP contribution >= 0.6 is 0 Å². The lowest BCUT2D eigenvalue weighted by atomic mass is 9.33. The molecule has 0 unspecified atom stereocenters. The largest absolute Gasteiger partial charge is 0.311 e. The lowest BCUT2D eigenvalue weighted by molar-refractivity contribution is 0.745. The molecule has 0 saturated heterocycles. The first-order chi connectivity index (χ1) is 39.0. The molecule has 0 spiro atoms. The third kappa shape index (κ3) is 7.79. The Hall–Kier alpha value is -9.70. The highest BCUT2D eigenvalue weighted by molar-refractivity contribution is 7.00. The summed E-state index contributed by atoms with van der Waals surface area (Å²) in [5, 5.41) is 0. The van der Waals surface area contributed by atoms with Crippen molar-refractivity contribution in [1.29, 1.82) is 0 Å². The van der Waals surface area contributed by atoms with E-state index in [4.69, 9.17) is 0 Å². The van der Waals surface area contributed by atoms with Gasteiger partial charge in [-0.2, -0.15) is 0 Å². The van der Waals surface area contributed by atoms with Crippen LogP contribution < -0.4 is 26.2 Å². The Morgan fingerprint density at radius 2 is 0.532 bits per heavy atom. The van der Waals surface area contributed by atoms with Gasteiger partial charge in [-0.05, 0) is 146 Å². The number of rotatable bonds is 11. The molecule has 2 aliphatic rings. The van der Waals surface area contributed by atoms with E-state index < -0.39 is 10.8 Å². The van der Waals surface area contributed by atoms with Crippen LogP contribution in [-0.2, 0) is 10.8 Å². The van der Waals surface area contributed by atoms with Gasteiger partial charge in [0, 0.05) is 34.1 Å². The third-order valence-electron chi connectivity index (χ3n) is 16.8. The molecule has 0 aromatic heterocycles. The molecule has 0 saturated carbocycles. The van der Waals surface area contributed by atoms with E-state index in [2.05, 4.69) is 333 Å². The third-order valence-corrected chi connectivity index (χ3v) is 16.8. The summed E-state index contributed by atoms with van der Waals surface area (Å²) in [7, 11) is 0. The molecule has 2 heterocycles. The van der Waals surface area contributed by atoms with E-state index in [9.17, 15) is 0 Å².